The first-order valence-electron chi connectivity index (χ1n) is 3.04. The summed E-state index contributed by atoms with van der Waals surface area (Å²) in [5.74, 6) is -0.947. The van der Waals surface area contributed by atoms with Gasteiger partial charge in [0.1, 0.15) is 6.10 Å². The van der Waals surface area contributed by atoms with Crippen LogP contribution in [-0.2, 0) is 14.3 Å². The molecule has 1 fully saturated rings. The lowest BCUT2D eigenvalue weighted by atomic mass is 10.4. The number of epoxide rings is 1. The molecule has 57 valence electrons. The summed E-state index contributed by atoms with van der Waals surface area (Å²) in [5, 5.41) is 8.13. The first kappa shape index (κ1) is 7.50. The Kier molecular flexibility index (Phi) is 2.65. The number of rotatable bonds is 5. The Bertz CT molecular complexity index is 119. The van der Waals surface area contributed by atoms with Crippen LogP contribution < -0.4 is 0 Å². The van der Waals surface area contributed by atoms with Gasteiger partial charge in [-0.1, -0.05) is 0 Å². The van der Waals surface area contributed by atoms with Gasteiger partial charge in [-0.05, 0) is 0 Å². The van der Waals surface area contributed by atoms with Gasteiger partial charge in [0.05, 0.1) is 26.2 Å². The summed E-state index contributed by atoms with van der Waals surface area (Å²) in [6, 6.07) is 0. The first-order chi connectivity index (χ1) is 4.79. The minimum absolute atomic E-state index is 0.162. The van der Waals surface area contributed by atoms with Gasteiger partial charge >= 0.3 is 5.97 Å². The Morgan fingerprint density at radius 3 is 3.10 bits per heavy atom. The van der Waals surface area contributed by atoms with E-state index in [0.29, 0.717) is 6.61 Å². The smallest absolute Gasteiger partial charge is 0.309 e. The number of ether oxygens (including phenoxy) is 2. The summed E-state index contributed by atoms with van der Waals surface area (Å²) < 4.78 is 9.74. The predicted molar refractivity (Wildman–Crippen MR) is 32.5 cm³/mol. The second-order valence-corrected chi connectivity index (χ2v) is 2.04. The summed E-state index contributed by atoms with van der Waals surface area (Å²) in [5.41, 5.74) is 0. The standard InChI is InChI=1S/C6H9O4/c7-6(8)1-2-9-3-5-4-10-5/h1,5H,2-4H2,(H,7,8). The number of hydrogen-bond acceptors (Lipinski definition) is 3. The van der Waals surface area contributed by atoms with Crippen LogP contribution in [0.1, 0.15) is 0 Å². The molecule has 1 rings (SSSR count). The molecule has 0 aromatic carbocycles. The topological polar surface area (TPSA) is 59.1 Å². The van der Waals surface area contributed by atoms with Gasteiger partial charge in [-0.25, -0.2) is 0 Å². The molecule has 1 unspecified atom stereocenters. The highest BCUT2D eigenvalue weighted by molar-refractivity contribution is 5.76. The monoisotopic (exact) mass is 145 g/mol. The molecular formula is C6H9O4. The number of carbonyl (C=O) groups is 1. The Morgan fingerprint density at radius 2 is 2.60 bits per heavy atom. The van der Waals surface area contributed by atoms with Crippen molar-refractivity contribution in [2.75, 3.05) is 19.8 Å². The van der Waals surface area contributed by atoms with Crippen molar-refractivity contribution in [1.29, 1.82) is 0 Å². The normalized spacial score (nSPS) is 22.6. The Balaban J connectivity index is 1.80. The molecule has 1 N–H and O–H groups in total. The van der Waals surface area contributed by atoms with Gasteiger partial charge in [0, 0.05) is 0 Å². The average Bonchev–Trinajstić information content (AvgIpc) is 2.62. The second-order valence-electron chi connectivity index (χ2n) is 2.04. The van der Waals surface area contributed by atoms with E-state index in [2.05, 4.69) is 0 Å². The van der Waals surface area contributed by atoms with E-state index in [1.54, 1.807) is 0 Å². The van der Waals surface area contributed by atoms with Crippen LogP contribution in [0.4, 0.5) is 0 Å². The highest BCUT2D eigenvalue weighted by atomic mass is 16.6. The molecule has 1 aliphatic rings. The molecule has 4 heteroatoms. The van der Waals surface area contributed by atoms with Crippen LogP contribution in [0.2, 0.25) is 0 Å². The van der Waals surface area contributed by atoms with Crippen LogP contribution in [0, 0.1) is 6.42 Å². The highest BCUT2D eigenvalue weighted by Crippen LogP contribution is 2.08. The van der Waals surface area contributed by atoms with E-state index < -0.39 is 5.97 Å². The van der Waals surface area contributed by atoms with Gasteiger partial charge in [0.25, 0.3) is 0 Å². The van der Waals surface area contributed by atoms with Crippen molar-refractivity contribution in [2.24, 2.45) is 0 Å². The van der Waals surface area contributed by atoms with Crippen molar-refractivity contribution >= 4 is 5.97 Å². The van der Waals surface area contributed by atoms with Gasteiger partial charge in [-0.3, -0.25) is 4.79 Å². The molecule has 0 spiro atoms. The maximum Gasteiger partial charge on any atom is 0.309 e. The molecule has 1 atom stereocenters. The molecule has 0 bridgehead atoms. The van der Waals surface area contributed by atoms with Gasteiger partial charge in [-0.15, -0.1) is 0 Å². The van der Waals surface area contributed by atoms with Crippen molar-refractivity contribution in [2.45, 2.75) is 6.10 Å². The van der Waals surface area contributed by atoms with Crippen LogP contribution in [0.25, 0.3) is 0 Å². The lowest BCUT2D eigenvalue weighted by Crippen LogP contribution is -2.07. The Morgan fingerprint density at radius 1 is 1.90 bits per heavy atom. The summed E-state index contributed by atoms with van der Waals surface area (Å²) in [7, 11) is 0. The zero-order chi connectivity index (χ0) is 7.40. The van der Waals surface area contributed by atoms with E-state index in [4.69, 9.17) is 14.6 Å². The second kappa shape index (κ2) is 3.53. The summed E-state index contributed by atoms with van der Waals surface area (Å²) >= 11 is 0. The van der Waals surface area contributed by atoms with Crippen molar-refractivity contribution < 1.29 is 19.4 Å². The van der Waals surface area contributed by atoms with E-state index in [1.165, 1.54) is 0 Å². The number of carboxylic acids is 1. The first-order valence-corrected chi connectivity index (χ1v) is 3.04. The molecule has 1 heterocycles. The molecule has 1 saturated heterocycles. The fourth-order valence-corrected chi connectivity index (χ4v) is 0.494. The Labute approximate surface area is 58.7 Å². The minimum atomic E-state index is -0.947. The van der Waals surface area contributed by atoms with Crippen LogP contribution in [-0.4, -0.2) is 37.0 Å². The zero-order valence-corrected chi connectivity index (χ0v) is 5.45. The molecule has 10 heavy (non-hydrogen) atoms. The molecule has 4 nitrogen and oxygen atoms in total. The molecule has 0 aromatic heterocycles. The Hall–Kier alpha value is -0.610. The van der Waals surface area contributed by atoms with E-state index >= 15 is 0 Å². The number of aliphatic carboxylic acids is 1. The largest absolute Gasteiger partial charge is 0.481 e. The van der Waals surface area contributed by atoms with E-state index in [-0.39, 0.29) is 12.7 Å². The molecule has 0 aromatic rings. The fourth-order valence-electron chi connectivity index (χ4n) is 0.494. The van der Waals surface area contributed by atoms with Gasteiger partial charge in [-0.2, -0.15) is 0 Å². The van der Waals surface area contributed by atoms with Crippen molar-refractivity contribution in [1.82, 2.24) is 0 Å². The van der Waals surface area contributed by atoms with E-state index in [0.717, 1.165) is 13.0 Å². The lowest BCUT2D eigenvalue weighted by molar-refractivity contribution is -0.133. The molecular weight excluding hydrogens is 136 g/mol. The molecule has 0 amide bonds. The van der Waals surface area contributed by atoms with Gasteiger partial charge in [0.15, 0.2) is 0 Å². The molecule has 0 aliphatic carbocycles. The summed E-state index contributed by atoms with van der Waals surface area (Å²) in [6.45, 7) is 1.41. The third-order valence-corrected chi connectivity index (χ3v) is 1.08. The maximum absolute atomic E-state index is 9.89. The van der Waals surface area contributed by atoms with Gasteiger partial charge < -0.3 is 14.6 Å². The third kappa shape index (κ3) is 3.42. The van der Waals surface area contributed by atoms with E-state index in [1.807, 2.05) is 0 Å². The SMILES string of the molecule is O=C(O)[CH]COCC1CO1. The fraction of sp³-hybridized carbons (Fsp3) is 0.667. The van der Waals surface area contributed by atoms with Crippen molar-refractivity contribution in [3.05, 3.63) is 6.42 Å². The lowest BCUT2D eigenvalue weighted by Gasteiger charge is -1.96. The van der Waals surface area contributed by atoms with Crippen molar-refractivity contribution in [3.63, 3.8) is 0 Å². The van der Waals surface area contributed by atoms with Crippen LogP contribution >= 0.6 is 0 Å². The van der Waals surface area contributed by atoms with Crippen LogP contribution in [0.5, 0.6) is 0 Å². The quantitative estimate of drug-likeness (QED) is 0.426. The molecule has 1 aliphatic heterocycles. The zero-order valence-electron chi connectivity index (χ0n) is 5.45. The van der Waals surface area contributed by atoms with Crippen molar-refractivity contribution in [3.8, 4) is 0 Å². The highest BCUT2D eigenvalue weighted by Gasteiger charge is 2.22. The van der Waals surface area contributed by atoms with E-state index in [9.17, 15) is 4.79 Å². The number of hydrogen-bond donors (Lipinski definition) is 1. The average molecular weight is 145 g/mol. The van der Waals surface area contributed by atoms with Crippen LogP contribution in [0.3, 0.4) is 0 Å². The van der Waals surface area contributed by atoms with Gasteiger partial charge in [0.2, 0.25) is 0 Å². The summed E-state index contributed by atoms with van der Waals surface area (Å²) in [4.78, 5) is 9.89. The predicted octanol–water partition coefficient (Wildman–Crippen LogP) is -0.309. The van der Waals surface area contributed by atoms with Crippen LogP contribution in [0.15, 0.2) is 0 Å². The molecule has 0 saturated carbocycles. The third-order valence-electron chi connectivity index (χ3n) is 1.08. The minimum Gasteiger partial charge on any atom is -0.481 e. The summed E-state index contributed by atoms with van der Waals surface area (Å²) in [6.07, 6.45) is 1.28. The number of carboxylic acid groups (broad SMARTS) is 1. The maximum atomic E-state index is 9.89. The molecule has 1 radical (unpaired) electrons.